The second-order valence-corrected chi connectivity index (χ2v) is 5.86. The Bertz CT molecular complexity index is 850. The SMILES string of the molecule is COc1ccc(-c2ccc(CCC(=O)Nc3ccccc3C)o2)cc1. The van der Waals surface area contributed by atoms with Crippen molar-refractivity contribution >= 4 is 11.6 Å². The molecule has 0 unspecified atom stereocenters. The molecule has 3 rings (SSSR count). The van der Waals surface area contributed by atoms with Gasteiger partial charge < -0.3 is 14.5 Å². The molecule has 2 aromatic carbocycles. The number of ether oxygens (including phenoxy) is 1. The number of para-hydroxylation sites is 1. The van der Waals surface area contributed by atoms with E-state index in [0.717, 1.165) is 34.1 Å². The molecule has 128 valence electrons. The fraction of sp³-hybridized carbons (Fsp3) is 0.190. The predicted molar refractivity (Wildman–Crippen MR) is 98.8 cm³/mol. The standard InChI is InChI=1S/C21H21NO3/c1-15-5-3-4-6-19(15)22-21(23)14-12-18-11-13-20(25-18)16-7-9-17(24-2)10-8-16/h3-11,13H,12,14H2,1-2H3,(H,22,23). The predicted octanol–water partition coefficient (Wildman–Crippen LogP) is 4.83. The van der Waals surface area contributed by atoms with Crippen LogP contribution < -0.4 is 10.1 Å². The molecule has 4 nitrogen and oxygen atoms in total. The Morgan fingerprint density at radius 1 is 1.04 bits per heavy atom. The lowest BCUT2D eigenvalue weighted by molar-refractivity contribution is -0.116. The molecule has 0 saturated carbocycles. The summed E-state index contributed by atoms with van der Waals surface area (Å²) in [5, 5.41) is 2.94. The van der Waals surface area contributed by atoms with E-state index in [2.05, 4.69) is 5.32 Å². The molecule has 25 heavy (non-hydrogen) atoms. The number of nitrogens with one attached hydrogen (secondary N) is 1. The van der Waals surface area contributed by atoms with E-state index in [0.29, 0.717) is 12.8 Å². The summed E-state index contributed by atoms with van der Waals surface area (Å²) in [5.41, 5.74) is 2.89. The van der Waals surface area contributed by atoms with Crippen LogP contribution in [0.2, 0.25) is 0 Å². The van der Waals surface area contributed by atoms with E-state index in [-0.39, 0.29) is 5.91 Å². The van der Waals surface area contributed by atoms with Crippen molar-refractivity contribution in [2.45, 2.75) is 19.8 Å². The molecule has 0 radical (unpaired) electrons. The Morgan fingerprint density at radius 3 is 2.52 bits per heavy atom. The number of carbonyl (C=O) groups excluding carboxylic acids is 1. The first-order chi connectivity index (χ1) is 12.2. The molecule has 0 fully saturated rings. The van der Waals surface area contributed by atoms with Gasteiger partial charge in [-0.25, -0.2) is 0 Å². The summed E-state index contributed by atoms with van der Waals surface area (Å²) >= 11 is 0. The topological polar surface area (TPSA) is 51.5 Å². The number of furan rings is 1. The fourth-order valence-corrected chi connectivity index (χ4v) is 2.59. The van der Waals surface area contributed by atoms with E-state index >= 15 is 0 Å². The summed E-state index contributed by atoms with van der Waals surface area (Å²) in [6.45, 7) is 1.98. The van der Waals surface area contributed by atoms with Crippen molar-refractivity contribution in [2.24, 2.45) is 0 Å². The number of methoxy groups -OCH3 is 1. The van der Waals surface area contributed by atoms with Crippen molar-refractivity contribution < 1.29 is 13.9 Å². The average molecular weight is 335 g/mol. The van der Waals surface area contributed by atoms with E-state index < -0.39 is 0 Å². The van der Waals surface area contributed by atoms with Gasteiger partial charge in [0.1, 0.15) is 17.3 Å². The van der Waals surface area contributed by atoms with Gasteiger partial charge in [-0.15, -0.1) is 0 Å². The number of amides is 1. The van der Waals surface area contributed by atoms with Crippen LogP contribution in [0.15, 0.2) is 65.1 Å². The minimum atomic E-state index is -0.0169. The molecule has 0 bridgehead atoms. The lowest BCUT2D eigenvalue weighted by Gasteiger charge is -2.07. The van der Waals surface area contributed by atoms with Crippen molar-refractivity contribution in [1.82, 2.24) is 0 Å². The first-order valence-electron chi connectivity index (χ1n) is 8.24. The highest BCUT2D eigenvalue weighted by Gasteiger charge is 2.09. The molecule has 4 heteroatoms. The lowest BCUT2D eigenvalue weighted by atomic mass is 10.1. The highest BCUT2D eigenvalue weighted by molar-refractivity contribution is 5.91. The minimum Gasteiger partial charge on any atom is -0.497 e. The van der Waals surface area contributed by atoms with Crippen molar-refractivity contribution in [1.29, 1.82) is 0 Å². The number of aryl methyl sites for hydroxylation is 2. The number of carbonyl (C=O) groups is 1. The highest BCUT2D eigenvalue weighted by atomic mass is 16.5. The molecule has 0 aliphatic carbocycles. The zero-order valence-electron chi connectivity index (χ0n) is 14.4. The zero-order valence-corrected chi connectivity index (χ0v) is 14.4. The molecule has 3 aromatic rings. The van der Waals surface area contributed by atoms with E-state index in [4.69, 9.17) is 9.15 Å². The van der Waals surface area contributed by atoms with E-state index in [1.807, 2.05) is 67.6 Å². The van der Waals surface area contributed by atoms with Gasteiger partial charge in [0, 0.05) is 24.1 Å². The van der Waals surface area contributed by atoms with Crippen LogP contribution in [0.3, 0.4) is 0 Å². The summed E-state index contributed by atoms with van der Waals surface area (Å²) in [5.74, 6) is 2.38. The maximum absolute atomic E-state index is 12.1. The third-order valence-corrected chi connectivity index (χ3v) is 4.05. The van der Waals surface area contributed by atoms with Crippen molar-refractivity contribution in [3.05, 3.63) is 72.0 Å². The van der Waals surface area contributed by atoms with Gasteiger partial charge >= 0.3 is 0 Å². The van der Waals surface area contributed by atoms with Gasteiger partial charge in [0.15, 0.2) is 0 Å². The minimum absolute atomic E-state index is 0.0169. The van der Waals surface area contributed by atoms with Gasteiger partial charge in [-0.05, 0) is 55.0 Å². The largest absolute Gasteiger partial charge is 0.497 e. The van der Waals surface area contributed by atoms with Crippen molar-refractivity contribution in [3.63, 3.8) is 0 Å². The third-order valence-electron chi connectivity index (χ3n) is 4.05. The van der Waals surface area contributed by atoms with Gasteiger partial charge in [-0.3, -0.25) is 4.79 Å². The summed E-state index contributed by atoms with van der Waals surface area (Å²) in [6.07, 6.45) is 0.942. The fourth-order valence-electron chi connectivity index (χ4n) is 2.59. The summed E-state index contributed by atoms with van der Waals surface area (Å²) in [6, 6.07) is 19.3. The highest BCUT2D eigenvalue weighted by Crippen LogP contribution is 2.25. The van der Waals surface area contributed by atoms with Crippen LogP contribution in [0.1, 0.15) is 17.7 Å². The van der Waals surface area contributed by atoms with Gasteiger partial charge in [-0.1, -0.05) is 18.2 Å². The maximum atomic E-state index is 12.1. The normalized spacial score (nSPS) is 10.5. The quantitative estimate of drug-likeness (QED) is 0.701. The van der Waals surface area contributed by atoms with Gasteiger partial charge in [0.2, 0.25) is 5.91 Å². The van der Waals surface area contributed by atoms with Gasteiger partial charge in [0.05, 0.1) is 7.11 Å². The molecular weight excluding hydrogens is 314 g/mol. The molecule has 0 spiro atoms. The van der Waals surface area contributed by atoms with E-state index in [1.54, 1.807) is 7.11 Å². The third kappa shape index (κ3) is 4.29. The smallest absolute Gasteiger partial charge is 0.224 e. The first kappa shape index (κ1) is 16.8. The average Bonchev–Trinajstić information content (AvgIpc) is 3.11. The van der Waals surface area contributed by atoms with Crippen LogP contribution in [-0.4, -0.2) is 13.0 Å². The number of rotatable bonds is 6. The molecule has 1 heterocycles. The molecular formula is C21H21NO3. The Morgan fingerprint density at radius 2 is 1.80 bits per heavy atom. The van der Waals surface area contributed by atoms with Crippen LogP contribution in [0.5, 0.6) is 5.75 Å². The molecule has 0 atom stereocenters. The van der Waals surface area contributed by atoms with Gasteiger partial charge in [0.25, 0.3) is 0 Å². The van der Waals surface area contributed by atoms with Gasteiger partial charge in [-0.2, -0.15) is 0 Å². The Labute approximate surface area is 147 Å². The first-order valence-corrected chi connectivity index (χ1v) is 8.24. The monoisotopic (exact) mass is 335 g/mol. The molecule has 0 saturated heterocycles. The van der Waals surface area contributed by atoms with Crippen LogP contribution in [-0.2, 0) is 11.2 Å². The summed E-state index contributed by atoms with van der Waals surface area (Å²) in [7, 11) is 1.64. The van der Waals surface area contributed by atoms with Crippen LogP contribution in [0.4, 0.5) is 5.69 Å². The number of hydrogen-bond donors (Lipinski definition) is 1. The number of benzene rings is 2. The second kappa shape index (κ2) is 7.71. The number of anilines is 1. The molecule has 1 amide bonds. The molecule has 0 aliphatic heterocycles. The molecule has 0 aliphatic rings. The lowest BCUT2D eigenvalue weighted by Crippen LogP contribution is -2.12. The van der Waals surface area contributed by atoms with Crippen LogP contribution >= 0.6 is 0 Å². The Balaban J connectivity index is 1.58. The molecule has 1 aromatic heterocycles. The van der Waals surface area contributed by atoms with Crippen molar-refractivity contribution in [2.75, 3.05) is 12.4 Å². The van der Waals surface area contributed by atoms with E-state index in [9.17, 15) is 4.79 Å². The van der Waals surface area contributed by atoms with Crippen LogP contribution in [0.25, 0.3) is 11.3 Å². The van der Waals surface area contributed by atoms with Crippen LogP contribution in [0, 0.1) is 6.92 Å². The molecule has 1 N–H and O–H groups in total. The Hall–Kier alpha value is -3.01. The summed E-state index contributed by atoms with van der Waals surface area (Å²) in [4.78, 5) is 12.1. The number of hydrogen-bond acceptors (Lipinski definition) is 3. The zero-order chi connectivity index (χ0) is 17.6. The van der Waals surface area contributed by atoms with E-state index in [1.165, 1.54) is 0 Å². The second-order valence-electron chi connectivity index (χ2n) is 5.86. The maximum Gasteiger partial charge on any atom is 0.224 e. The Kier molecular flexibility index (Phi) is 5.19. The summed E-state index contributed by atoms with van der Waals surface area (Å²) < 4.78 is 11.0. The van der Waals surface area contributed by atoms with Crippen molar-refractivity contribution in [3.8, 4) is 17.1 Å².